The van der Waals surface area contributed by atoms with E-state index >= 15 is 0 Å². The van der Waals surface area contributed by atoms with Gasteiger partial charge in [-0.1, -0.05) is 15.9 Å². The van der Waals surface area contributed by atoms with Crippen molar-refractivity contribution < 1.29 is 5.11 Å². The van der Waals surface area contributed by atoms with E-state index in [9.17, 15) is 5.11 Å². The Labute approximate surface area is 124 Å². The fourth-order valence-corrected chi connectivity index (χ4v) is 3.37. The van der Waals surface area contributed by atoms with Gasteiger partial charge in [0.2, 0.25) is 0 Å². The van der Waals surface area contributed by atoms with Gasteiger partial charge in [-0.3, -0.25) is 0 Å². The number of anilines is 1. The van der Waals surface area contributed by atoms with Gasteiger partial charge in [0.25, 0.3) is 0 Å². The van der Waals surface area contributed by atoms with Crippen molar-refractivity contribution >= 4 is 21.6 Å². The van der Waals surface area contributed by atoms with Crippen LogP contribution in [-0.4, -0.2) is 49.3 Å². The largest absolute Gasteiger partial charge is 0.396 e. The summed E-state index contributed by atoms with van der Waals surface area (Å²) in [6.07, 6.45) is 2.01. The molecular formula is C15H23BrN2O. The number of aryl methyl sites for hydroxylation is 1. The van der Waals surface area contributed by atoms with Gasteiger partial charge >= 0.3 is 0 Å². The zero-order valence-electron chi connectivity index (χ0n) is 11.8. The first-order valence-corrected chi connectivity index (χ1v) is 7.73. The molecule has 1 aliphatic heterocycles. The van der Waals surface area contributed by atoms with E-state index in [4.69, 9.17) is 0 Å². The lowest BCUT2D eigenvalue weighted by Crippen LogP contribution is -2.41. The Kier molecular flexibility index (Phi) is 5.25. The fourth-order valence-electron chi connectivity index (χ4n) is 2.90. The van der Waals surface area contributed by atoms with Crippen molar-refractivity contribution in [2.75, 3.05) is 38.2 Å². The van der Waals surface area contributed by atoms with E-state index in [1.54, 1.807) is 0 Å². The number of hydrogen-bond donors (Lipinski definition) is 1. The van der Waals surface area contributed by atoms with Crippen molar-refractivity contribution in [3.05, 3.63) is 28.2 Å². The van der Waals surface area contributed by atoms with Crippen LogP contribution in [0.15, 0.2) is 22.7 Å². The Morgan fingerprint density at radius 2 is 2.16 bits per heavy atom. The van der Waals surface area contributed by atoms with Crippen molar-refractivity contribution in [1.82, 2.24) is 4.90 Å². The third-order valence-corrected chi connectivity index (χ3v) is 4.33. The van der Waals surface area contributed by atoms with E-state index in [0.717, 1.165) is 30.5 Å². The molecule has 1 atom stereocenters. The van der Waals surface area contributed by atoms with E-state index in [1.165, 1.54) is 17.7 Å². The Morgan fingerprint density at radius 3 is 2.84 bits per heavy atom. The van der Waals surface area contributed by atoms with Gasteiger partial charge in [-0.25, -0.2) is 0 Å². The number of halogens is 1. The minimum Gasteiger partial charge on any atom is -0.396 e. The van der Waals surface area contributed by atoms with E-state index in [-0.39, 0.29) is 6.61 Å². The summed E-state index contributed by atoms with van der Waals surface area (Å²) in [5.74, 6) is 0. The summed E-state index contributed by atoms with van der Waals surface area (Å²) < 4.78 is 1.12. The Balaban J connectivity index is 2.27. The normalized spacial score (nSPS) is 21.5. The van der Waals surface area contributed by atoms with Crippen LogP contribution >= 0.6 is 15.9 Å². The summed E-state index contributed by atoms with van der Waals surface area (Å²) in [4.78, 5) is 4.84. The highest BCUT2D eigenvalue weighted by atomic mass is 79.9. The second kappa shape index (κ2) is 6.73. The van der Waals surface area contributed by atoms with Crippen molar-refractivity contribution in [2.45, 2.75) is 25.8 Å². The Hall–Kier alpha value is -0.580. The molecule has 1 aromatic rings. The third-order valence-electron chi connectivity index (χ3n) is 3.83. The molecule has 1 N–H and O–H groups in total. The first-order chi connectivity index (χ1) is 9.11. The second-order valence-corrected chi connectivity index (χ2v) is 6.32. The van der Waals surface area contributed by atoms with Gasteiger partial charge in [-0.05, 0) is 57.1 Å². The van der Waals surface area contributed by atoms with Crippen LogP contribution in [0.1, 0.15) is 18.4 Å². The van der Waals surface area contributed by atoms with Gasteiger partial charge in [0.05, 0.1) is 0 Å². The zero-order valence-corrected chi connectivity index (χ0v) is 13.4. The fraction of sp³-hybridized carbons (Fsp3) is 0.600. The summed E-state index contributed by atoms with van der Waals surface area (Å²) >= 11 is 3.52. The van der Waals surface area contributed by atoms with Crippen molar-refractivity contribution in [2.24, 2.45) is 0 Å². The maximum atomic E-state index is 9.32. The van der Waals surface area contributed by atoms with Gasteiger partial charge in [0.1, 0.15) is 0 Å². The minimum atomic E-state index is 0.255. The molecule has 0 aromatic heterocycles. The molecule has 106 valence electrons. The van der Waals surface area contributed by atoms with E-state index < -0.39 is 0 Å². The van der Waals surface area contributed by atoms with Gasteiger partial charge in [-0.2, -0.15) is 0 Å². The predicted octanol–water partition coefficient (Wildman–Crippen LogP) is 2.65. The SMILES string of the molecule is Cc1cc(Br)ccc1N1CCCN(C)CC1CCO. The summed E-state index contributed by atoms with van der Waals surface area (Å²) in [5, 5.41) is 9.32. The molecule has 1 aromatic carbocycles. The molecule has 4 heteroatoms. The Bertz CT molecular complexity index is 425. The van der Waals surface area contributed by atoms with E-state index in [2.05, 4.69) is 57.9 Å². The maximum absolute atomic E-state index is 9.32. The highest BCUT2D eigenvalue weighted by Crippen LogP contribution is 2.27. The topological polar surface area (TPSA) is 26.7 Å². The minimum absolute atomic E-state index is 0.255. The molecule has 0 spiro atoms. The smallest absolute Gasteiger partial charge is 0.0451 e. The number of rotatable bonds is 3. The molecule has 0 saturated carbocycles. The molecule has 19 heavy (non-hydrogen) atoms. The van der Waals surface area contributed by atoms with Gasteiger partial charge < -0.3 is 14.9 Å². The van der Waals surface area contributed by atoms with Gasteiger partial charge in [0.15, 0.2) is 0 Å². The molecule has 3 nitrogen and oxygen atoms in total. The summed E-state index contributed by atoms with van der Waals surface area (Å²) in [7, 11) is 2.17. The zero-order chi connectivity index (χ0) is 13.8. The molecule has 1 aliphatic rings. The average molecular weight is 327 g/mol. The van der Waals surface area contributed by atoms with Crippen LogP contribution in [0.3, 0.4) is 0 Å². The molecule has 1 fully saturated rings. The molecule has 0 radical (unpaired) electrons. The van der Waals surface area contributed by atoms with Crippen molar-refractivity contribution in [3.8, 4) is 0 Å². The monoisotopic (exact) mass is 326 g/mol. The van der Waals surface area contributed by atoms with E-state index in [0.29, 0.717) is 6.04 Å². The lowest BCUT2D eigenvalue weighted by Gasteiger charge is -2.33. The third kappa shape index (κ3) is 3.71. The lowest BCUT2D eigenvalue weighted by molar-refractivity contribution is 0.253. The number of hydrogen-bond acceptors (Lipinski definition) is 3. The van der Waals surface area contributed by atoms with Crippen LogP contribution in [0.4, 0.5) is 5.69 Å². The maximum Gasteiger partial charge on any atom is 0.0451 e. The van der Waals surface area contributed by atoms with Crippen LogP contribution in [0, 0.1) is 6.92 Å². The van der Waals surface area contributed by atoms with E-state index in [1.807, 2.05) is 0 Å². The standard InChI is InChI=1S/C15H23BrN2O/c1-12-10-13(16)4-5-15(12)18-8-3-7-17(2)11-14(18)6-9-19/h4-5,10,14,19H,3,6-9,11H2,1-2H3. The second-order valence-electron chi connectivity index (χ2n) is 5.41. The van der Waals surface area contributed by atoms with Crippen LogP contribution in [0.2, 0.25) is 0 Å². The number of aliphatic hydroxyl groups excluding tert-OH is 1. The van der Waals surface area contributed by atoms with Crippen LogP contribution in [0.25, 0.3) is 0 Å². The summed E-state index contributed by atoms with van der Waals surface area (Å²) in [6.45, 7) is 5.64. The van der Waals surface area contributed by atoms with Gasteiger partial charge in [0, 0.05) is 35.9 Å². The first-order valence-electron chi connectivity index (χ1n) is 6.94. The number of nitrogens with zero attached hydrogens (tertiary/aromatic N) is 2. The Morgan fingerprint density at radius 1 is 1.37 bits per heavy atom. The van der Waals surface area contributed by atoms with Gasteiger partial charge in [-0.15, -0.1) is 0 Å². The van der Waals surface area contributed by atoms with Crippen LogP contribution < -0.4 is 4.90 Å². The van der Waals surface area contributed by atoms with Crippen molar-refractivity contribution in [3.63, 3.8) is 0 Å². The molecule has 0 bridgehead atoms. The number of benzene rings is 1. The lowest BCUT2D eigenvalue weighted by atomic mass is 10.1. The highest BCUT2D eigenvalue weighted by Gasteiger charge is 2.24. The summed E-state index contributed by atoms with van der Waals surface area (Å²) in [6, 6.07) is 6.86. The summed E-state index contributed by atoms with van der Waals surface area (Å²) in [5.41, 5.74) is 2.60. The predicted molar refractivity (Wildman–Crippen MR) is 83.8 cm³/mol. The number of aliphatic hydroxyl groups is 1. The first kappa shape index (κ1) is 14.8. The number of likely N-dealkylation sites (N-methyl/N-ethyl adjacent to an activating group) is 1. The van der Waals surface area contributed by atoms with Crippen LogP contribution in [-0.2, 0) is 0 Å². The quantitative estimate of drug-likeness (QED) is 0.925. The van der Waals surface area contributed by atoms with Crippen LogP contribution in [0.5, 0.6) is 0 Å². The molecule has 0 amide bonds. The molecule has 2 rings (SSSR count). The van der Waals surface area contributed by atoms with Crippen molar-refractivity contribution in [1.29, 1.82) is 0 Å². The highest BCUT2D eigenvalue weighted by molar-refractivity contribution is 9.10. The average Bonchev–Trinajstić information content (AvgIpc) is 2.52. The molecule has 1 saturated heterocycles. The molecule has 1 heterocycles. The molecule has 0 aliphatic carbocycles. The molecule has 1 unspecified atom stereocenters. The molecular weight excluding hydrogens is 304 g/mol.